The monoisotopic (exact) mass is 368 g/mol. The van der Waals surface area contributed by atoms with Gasteiger partial charge in [-0.1, -0.05) is 12.1 Å². The molecular formula is C22H32N4O. The maximum atomic E-state index is 12.1. The molecule has 3 heterocycles. The number of carbonyl (C=O) groups excluding carboxylic acids is 1. The Hall–Kier alpha value is -1.88. The molecule has 2 fully saturated rings. The van der Waals surface area contributed by atoms with Crippen LogP contribution in [0, 0.1) is 5.92 Å². The Labute approximate surface area is 162 Å². The van der Waals surface area contributed by atoms with E-state index in [9.17, 15) is 4.79 Å². The van der Waals surface area contributed by atoms with Gasteiger partial charge in [0.1, 0.15) is 5.82 Å². The van der Waals surface area contributed by atoms with Crippen molar-refractivity contribution >= 4 is 16.9 Å². The van der Waals surface area contributed by atoms with E-state index in [0.717, 1.165) is 44.5 Å². The van der Waals surface area contributed by atoms with E-state index in [-0.39, 0.29) is 0 Å². The molecular weight excluding hydrogens is 336 g/mol. The summed E-state index contributed by atoms with van der Waals surface area (Å²) in [7, 11) is 2.15. The number of likely N-dealkylation sites (tertiary alicyclic amines) is 2. The van der Waals surface area contributed by atoms with Crippen molar-refractivity contribution in [3.63, 3.8) is 0 Å². The topological polar surface area (TPSA) is 41.4 Å². The van der Waals surface area contributed by atoms with Gasteiger partial charge in [0.15, 0.2) is 0 Å². The lowest BCUT2D eigenvalue weighted by Gasteiger charge is -2.39. The average molecular weight is 369 g/mol. The highest BCUT2D eigenvalue weighted by Gasteiger charge is 2.30. The normalized spacial score (nSPS) is 22.9. The first-order valence-electron chi connectivity index (χ1n) is 10.5. The lowest BCUT2D eigenvalue weighted by Crippen LogP contribution is -2.47. The van der Waals surface area contributed by atoms with Gasteiger partial charge in [0.2, 0.25) is 5.91 Å². The van der Waals surface area contributed by atoms with Crippen LogP contribution in [0.5, 0.6) is 0 Å². The predicted octanol–water partition coefficient (Wildman–Crippen LogP) is 3.40. The minimum Gasteiger partial charge on any atom is -0.340 e. The Balaban J connectivity index is 1.35. The van der Waals surface area contributed by atoms with Gasteiger partial charge in [-0.3, -0.25) is 4.79 Å². The standard InChI is InChI=1S/C22H32N4O/c1-16(2)26-15-17(8-9-21(26)27)14-25-12-10-18(11-13-25)22-23-19-6-4-5-7-20(19)24(22)3/h4-7,16-18H,8-15H2,1-3H3. The molecule has 1 unspecified atom stereocenters. The van der Waals surface area contributed by atoms with Gasteiger partial charge in [0.25, 0.3) is 0 Å². The lowest BCUT2D eigenvalue weighted by atomic mass is 9.92. The lowest BCUT2D eigenvalue weighted by molar-refractivity contribution is -0.137. The Morgan fingerprint density at radius 2 is 1.89 bits per heavy atom. The Kier molecular flexibility index (Phi) is 5.22. The Bertz CT molecular complexity index is 804. The van der Waals surface area contributed by atoms with E-state index in [0.29, 0.717) is 23.8 Å². The molecule has 1 aromatic carbocycles. The molecule has 4 rings (SSSR count). The first-order valence-corrected chi connectivity index (χ1v) is 10.5. The number of benzene rings is 1. The largest absolute Gasteiger partial charge is 0.340 e. The van der Waals surface area contributed by atoms with Crippen LogP contribution < -0.4 is 0 Å². The van der Waals surface area contributed by atoms with Crippen LogP contribution >= 0.6 is 0 Å². The van der Waals surface area contributed by atoms with Crippen LogP contribution in [0.3, 0.4) is 0 Å². The summed E-state index contributed by atoms with van der Waals surface area (Å²) in [5, 5.41) is 0. The van der Waals surface area contributed by atoms with E-state index in [1.165, 1.54) is 24.2 Å². The minimum absolute atomic E-state index is 0.323. The molecule has 0 aliphatic carbocycles. The molecule has 5 heteroatoms. The maximum Gasteiger partial charge on any atom is 0.222 e. The van der Waals surface area contributed by atoms with E-state index in [4.69, 9.17) is 4.98 Å². The number of imidazole rings is 1. The SMILES string of the molecule is CC(C)N1CC(CN2CCC(c3nc4ccccc4n3C)CC2)CCC1=O. The van der Waals surface area contributed by atoms with E-state index in [2.05, 4.69) is 59.5 Å². The zero-order valence-corrected chi connectivity index (χ0v) is 16.9. The van der Waals surface area contributed by atoms with Gasteiger partial charge in [-0.2, -0.15) is 0 Å². The Morgan fingerprint density at radius 1 is 1.15 bits per heavy atom. The number of aryl methyl sites for hydroxylation is 1. The second kappa shape index (κ2) is 7.63. The molecule has 0 spiro atoms. The number of rotatable bonds is 4. The Morgan fingerprint density at radius 3 is 2.59 bits per heavy atom. The third kappa shape index (κ3) is 3.75. The third-order valence-corrected chi connectivity index (χ3v) is 6.46. The number of para-hydroxylation sites is 2. The van der Waals surface area contributed by atoms with E-state index < -0.39 is 0 Å². The number of nitrogens with zero attached hydrogens (tertiary/aromatic N) is 4. The second-order valence-corrected chi connectivity index (χ2v) is 8.64. The van der Waals surface area contributed by atoms with Gasteiger partial charge in [-0.15, -0.1) is 0 Å². The summed E-state index contributed by atoms with van der Waals surface area (Å²) < 4.78 is 2.28. The van der Waals surface area contributed by atoms with Crippen LogP contribution in [-0.2, 0) is 11.8 Å². The molecule has 0 radical (unpaired) electrons. The molecule has 0 saturated carbocycles. The van der Waals surface area contributed by atoms with Crippen molar-refractivity contribution in [2.75, 3.05) is 26.2 Å². The van der Waals surface area contributed by atoms with Gasteiger partial charge < -0.3 is 14.4 Å². The van der Waals surface area contributed by atoms with Crippen LogP contribution in [0.2, 0.25) is 0 Å². The molecule has 1 amide bonds. The first kappa shape index (κ1) is 18.5. The second-order valence-electron chi connectivity index (χ2n) is 8.64. The number of aromatic nitrogens is 2. The fourth-order valence-electron chi connectivity index (χ4n) is 4.86. The molecule has 2 aromatic rings. The molecule has 2 aliphatic heterocycles. The number of piperidine rings is 2. The van der Waals surface area contributed by atoms with Crippen molar-refractivity contribution in [1.29, 1.82) is 0 Å². The molecule has 1 atom stereocenters. The highest BCUT2D eigenvalue weighted by atomic mass is 16.2. The van der Waals surface area contributed by atoms with Crippen molar-refractivity contribution in [3.8, 4) is 0 Å². The number of amides is 1. The van der Waals surface area contributed by atoms with Crippen LogP contribution in [0.15, 0.2) is 24.3 Å². The van der Waals surface area contributed by atoms with Gasteiger partial charge in [-0.25, -0.2) is 4.98 Å². The van der Waals surface area contributed by atoms with E-state index in [1.54, 1.807) is 0 Å². The number of fused-ring (bicyclic) bond motifs is 1. The molecule has 0 N–H and O–H groups in total. The van der Waals surface area contributed by atoms with Crippen LogP contribution in [-0.4, -0.2) is 57.5 Å². The van der Waals surface area contributed by atoms with Crippen molar-refractivity contribution in [1.82, 2.24) is 19.4 Å². The van der Waals surface area contributed by atoms with Crippen LogP contribution in [0.4, 0.5) is 0 Å². The summed E-state index contributed by atoms with van der Waals surface area (Å²) in [5.74, 6) is 2.75. The molecule has 5 nitrogen and oxygen atoms in total. The zero-order valence-electron chi connectivity index (χ0n) is 16.9. The molecule has 1 aromatic heterocycles. The van der Waals surface area contributed by atoms with Gasteiger partial charge in [0.05, 0.1) is 11.0 Å². The predicted molar refractivity (Wildman–Crippen MR) is 109 cm³/mol. The summed E-state index contributed by atoms with van der Waals surface area (Å²) in [6, 6.07) is 8.75. The summed E-state index contributed by atoms with van der Waals surface area (Å²) >= 11 is 0. The van der Waals surface area contributed by atoms with E-state index >= 15 is 0 Å². The minimum atomic E-state index is 0.323. The number of hydrogen-bond acceptors (Lipinski definition) is 3. The molecule has 0 bridgehead atoms. The molecule has 2 saturated heterocycles. The number of carbonyl (C=O) groups is 1. The summed E-state index contributed by atoms with van der Waals surface area (Å²) in [6.45, 7) is 8.60. The van der Waals surface area contributed by atoms with Crippen molar-refractivity contribution in [2.24, 2.45) is 13.0 Å². The van der Waals surface area contributed by atoms with Crippen LogP contribution in [0.1, 0.15) is 51.3 Å². The molecule has 27 heavy (non-hydrogen) atoms. The smallest absolute Gasteiger partial charge is 0.222 e. The maximum absolute atomic E-state index is 12.1. The third-order valence-electron chi connectivity index (χ3n) is 6.46. The summed E-state index contributed by atoms with van der Waals surface area (Å²) in [5.41, 5.74) is 2.34. The quantitative estimate of drug-likeness (QED) is 0.831. The van der Waals surface area contributed by atoms with Crippen molar-refractivity contribution < 1.29 is 4.79 Å². The van der Waals surface area contributed by atoms with Crippen LogP contribution in [0.25, 0.3) is 11.0 Å². The highest BCUT2D eigenvalue weighted by molar-refractivity contribution is 5.77. The average Bonchev–Trinajstić information content (AvgIpc) is 3.01. The molecule has 2 aliphatic rings. The van der Waals surface area contributed by atoms with Crippen molar-refractivity contribution in [2.45, 2.75) is 51.5 Å². The van der Waals surface area contributed by atoms with Gasteiger partial charge in [-0.05, 0) is 64.3 Å². The highest BCUT2D eigenvalue weighted by Crippen LogP contribution is 2.30. The summed E-state index contributed by atoms with van der Waals surface area (Å²) in [4.78, 5) is 21.7. The fraction of sp³-hybridized carbons (Fsp3) is 0.636. The van der Waals surface area contributed by atoms with E-state index in [1.807, 2.05) is 0 Å². The first-order chi connectivity index (χ1) is 13.0. The van der Waals surface area contributed by atoms with Gasteiger partial charge in [0, 0.05) is 38.5 Å². The summed E-state index contributed by atoms with van der Waals surface area (Å²) in [6.07, 6.45) is 4.12. The zero-order chi connectivity index (χ0) is 19.0. The fourth-order valence-corrected chi connectivity index (χ4v) is 4.86. The van der Waals surface area contributed by atoms with Gasteiger partial charge >= 0.3 is 0 Å². The molecule has 146 valence electrons. The van der Waals surface area contributed by atoms with Crippen molar-refractivity contribution in [3.05, 3.63) is 30.1 Å². The number of hydrogen-bond donors (Lipinski definition) is 0.